The monoisotopic (exact) mass is 199 g/mol. The van der Waals surface area contributed by atoms with E-state index in [1.807, 2.05) is 0 Å². The molecule has 2 atom stereocenters. The molecular weight excluding hydrogens is 186 g/mol. The molecule has 1 heterocycles. The molecule has 5 heteroatoms. The number of rotatable bonds is 3. The number of hydrogen-bond acceptors (Lipinski definition) is 3. The van der Waals surface area contributed by atoms with Gasteiger partial charge in [-0.15, -0.1) is 0 Å². The van der Waals surface area contributed by atoms with Gasteiger partial charge < -0.3 is 5.11 Å². The molecule has 0 aromatic heterocycles. The second-order valence-corrected chi connectivity index (χ2v) is 3.52. The summed E-state index contributed by atoms with van der Waals surface area (Å²) in [6.07, 6.45) is 0.408. The van der Waals surface area contributed by atoms with Crippen LogP contribution in [0.2, 0.25) is 0 Å². The summed E-state index contributed by atoms with van der Waals surface area (Å²) in [6, 6.07) is -0.560. The van der Waals surface area contributed by atoms with Gasteiger partial charge in [0.05, 0.1) is 5.92 Å². The van der Waals surface area contributed by atoms with E-state index in [2.05, 4.69) is 0 Å². The fourth-order valence-electron chi connectivity index (χ4n) is 1.48. The highest BCUT2D eigenvalue weighted by Gasteiger charge is 2.37. The Morgan fingerprint density at radius 2 is 1.71 bits per heavy atom. The first-order valence-electron chi connectivity index (χ1n) is 4.53. The molecule has 0 aliphatic carbocycles. The Labute approximate surface area is 81.7 Å². The van der Waals surface area contributed by atoms with Gasteiger partial charge in [0, 0.05) is 18.9 Å². The van der Waals surface area contributed by atoms with Crippen LogP contribution >= 0.6 is 0 Å². The maximum absolute atomic E-state index is 11.3. The van der Waals surface area contributed by atoms with Crippen LogP contribution in [0.4, 0.5) is 0 Å². The Bertz CT molecular complexity index is 271. The Balaban J connectivity index is 2.77. The van der Waals surface area contributed by atoms with Crippen molar-refractivity contribution < 1.29 is 19.5 Å². The minimum Gasteiger partial charge on any atom is -0.481 e. The van der Waals surface area contributed by atoms with Crippen molar-refractivity contribution in [3.8, 4) is 0 Å². The molecule has 1 rings (SSSR count). The van der Waals surface area contributed by atoms with E-state index in [-0.39, 0.29) is 24.7 Å². The van der Waals surface area contributed by atoms with Gasteiger partial charge >= 0.3 is 5.97 Å². The molecule has 0 aromatic rings. The molecule has 0 radical (unpaired) electrons. The lowest BCUT2D eigenvalue weighted by Gasteiger charge is -2.25. The van der Waals surface area contributed by atoms with Gasteiger partial charge in [-0.1, -0.05) is 0 Å². The molecule has 1 fully saturated rings. The predicted molar refractivity (Wildman–Crippen MR) is 47.3 cm³/mol. The molecule has 1 aliphatic heterocycles. The highest BCUT2D eigenvalue weighted by Crippen LogP contribution is 2.20. The zero-order valence-electron chi connectivity index (χ0n) is 8.19. The summed E-state index contributed by atoms with van der Waals surface area (Å²) in [6.45, 7) is 3.08. The minimum atomic E-state index is -0.995. The first-order chi connectivity index (χ1) is 6.45. The summed E-state index contributed by atoms with van der Waals surface area (Å²) in [4.78, 5) is 34.3. The lowest BCUT2D eigenvalue weighted by atomic mass is 10.0. The number of likely N-dealkylation sites (tertiary alicyclic amines) is 1. The smallest absolute Gasteiger partial charge is 0.308 e. The second-order valence-electron chi connectivity index (χ2n) is 3.52. The molecule has 0 bridgehead atoms. The highest BCUT2D eigenvalue weighted by atomic mass is 16.4. The Morgan fingerprint density at radius 1 is 1.29 bits per heavy atom. The predicted octanol–water partition coefficient (Wildman–Crippen LogP) is 0.245. The van der Waals surface area contributed by atoms with Gasteiger partial charge in [-0.3, -0.25) is 19.3 Å². The van der Waals surface area contributed by atoms with Crippen LogP contribution in [-0.4, -0.2) is 33.8 Å². The van der Waals surface area contributed by atoms with Crippen molar-refractivity contribution in [1.29, 1.82) is 0 Å². The van der Waals surface area contributed by atoms with Crippen LogP contribution in [0.5, 0.6) is 0 Å². The molecule has 78 valence electrons. The van der Waals surface area contributed by atoms with Crippen LogP contribution < -0.4 is 0 Å². The van der Waals surface area contributed by atoms with Gasteiger partial charge in [-0.25, -0.2) is 0 Å². The quantitative estimate of drug-likeness (QED) is 0.661. The Hall–Kier alpha value is -1.39. The van der Waals surface area contributed by atoms with Gasteiger partial charge in [-0.05, 0) is 13.8 Å². The molecule has 2 unspecified atom stereocenters. The van der Waals surface area contributed by atoms with E-state index in [1.54, 1.807) is 6.92 Å². The van der Waals surface area contributed by atoms with Gasteiger partial charge in [0.25, 0.3) is 0 Å². The molecule has 1 aliphatic rings. The molecule has 0 aromatic carbocycles. The first-order valence-corrected chi connectivity index (χ1v) is 4.53. The van der Waals surface area contributed by atoms with Gasteiger partial charge in [0.2, 0.25) is 11.8 Å². The van der Waals surface area contributed by atoms with Crippen molar-refractivity contribution in [2.24, 2.45) is 5.92 Å². The summed E-state index contributed by atoms with van der Waals surface area (Å²) < 4.78 is 0. The van der Waals surface area contributed by atoms with Crippen LogP contribution in [0.3, 0.4) is 0 Å². The maximum Gasteiger partial charge on any atom is 0.308 e. The number of nitrogens with zero attached hydrogens (tertiary/aromatic N) is 1. The van der Waals surface area contributed by atoms with E-state index in [4.69, 9.17) is 5.11 Å². The van der Waals surface area contributed by atoms with E-state index in [0.29, 0.717) is 0 Å². The van der Waals surface area contributed by atoms with E-state index in [9.17, 15) is 14.4 Å². The number of amides is 2. The van der Waals surface area contributed by atoms with Crippen molar-refractivity contribution >= 4 is 17.8 Å². The van der Waals surface area contributed by atoms with Crippen molar-refractivity contribution in [3.63, 3.8) is 0 Å². The van der Waals surface area contributed by atoms with E-state index >= 15 is 0 Å². The standard InChI is InChI=1S/C9H13NO4/c1-5(9(13)14)6(2)10-7(11)3-4-8(10)12/h5-6H,3-4H2,1-2H3,(H,13,14). The van der Waals surface area contributed by atoms with E-state index in [0.717, 1.165) is 4.90 Å². The number of hydrogen-bond donors (Lipinski definition) is 1. The molecule has 0 spiro atoms. The number of imide groups is 1. The average molecular weight is 199 g/mol. The normalized spacial score (nSPS) is 21.1. The topological polar surface area (TPSA) is 74.7 Å². The van der Waals surface area contributed by atoms with Gasteiger partial charge in [0.15, 0.2) is 0 Å². The molecule has 2 amide bonds. The van der Waals surface area contributed by atoms with Crippen LogP contribution in [-0.2, 0) is 14.4 Å². The molecule has 0 saturated carbocycles. The van der Waals surface area contributed by atoms with Gasteiger partial charge in [-0.2, -0.15) is 0 Å². The highest BCUT2D eigenvalue weighted by molar-refractivity contribution is 6.02. The van der Waals surface area contributed by atoms with Crippen molar-refractivity contribution in [1.82, 2.24) is 4.90 Å². The van der Waals surface area contributed by atoms with Crippen LogP contribution in [0.15, 0.2) is 0 Å². The zero-order valence-corrected chi connectivity index (χ0v) is 8.19. The maximum atomic E-state index is 11.3. The fraction of sp³-hybridized carbons (Fsp3) is 0.667. The summed E-state index contributed by atoms with van der Waals surface area (Å²) in [5, 5.41) is 8.74. The van der Waals surface area contributed by atoms with Crippen LogP contribution in [0, 0.1) is 5.92 Å². The minimum absolute atomic E-state index is 0.204. The second kappa shape index (κ2) is 3.77. The number of carboxylic acid groups (broad SMARTS) is 1. The van der Waals surface area contributed by atoms with Crippen molar-refractivity contribution in [2.75, 3.05) is 0 Å². The van der Waals surface area contributed by atoms with E-state index < -0.39 is 17.9 Å². The molecular formula is C9H13NO4. The largest absolute Gasteiger partial charge is 0.481 e. The van der Waals surface area contributed by atoms with Crippen molar-refractivity contribution in [3.05, 3.63) is 0 Å². The molecule has 5 nitrogen and oxygen atoms in total. The zero-order chi connectivity index (χ0) is 10.9. The number of carbonyl (C=O) groups is 3. The first kappa shape index (κ1) is 10.7. The van der Waals surface area contributed by atoms with Gasteiger partial charge in [0.1, 0.15) is 0 Å². The molecule has 1 N–H and O–H groups in total. The number of aliphatic carboxylic acids is 1. The Kier molecular flexibility index (Phi) is 2.88. The summed E-state index contributed by atoms with van der Waals surface area (Å²) in [5.74, 6) is -2.25. The third-order valence-electron chi connectivity index (χ3n) is 2.61. The fourth-order valence-corrected chi connectivity index (χ4v) is 1.48. The van der Waals surface area contributed by atoms with Crippen LogP contribution in [0.25, 0.3) is 0 Å². The number of carboxylic acids is 1. The molecule has 14 heavy (non-hydrogen) atoms. The van der Waals surface area contributed by atoms with Crippen LogP contribution in [0.1, 0.15) is 26.7 Å². The van der Waals surface area contributed by atoms with E-state index in [1.165, 1.54) is 6.92 Å². The molecule has 1 saturated heterocycles. The lowest BCUT2D eigenvalue weighted by molar-refractivity contribution is -0.148. The third kappa shape index (κ3) is 1.76. The number of carbonyl (C=O) groups excluding carboxylic acids is 2. The third-order valence-corrected chi connectivity index (χ3v) is 2.61. The Morgan fingerprint density at radius 3 is 2.07 bits per heavy atom. The summed E-state index contributed by atoms with van der Waals surface area (Å²) in [7, 11) is 0. The lowest BCUT2D eigenvalue weighted by Crippen LogP contribution is -2.43. The van der Waals surface area contributed by atoms with Crippen molar-refractivity contribution in [2.45, 2.75) is 32.7 Å². The SMILES string of the molecule is CC(C(=O)O)C(C)N1C(=O)CCC1=O. The summed E-state index contributed by atoms with van der Waals surface area (Å²) >= 11 is 0. The summed E-state index contributed by atoms with van der Waals surface area (Å²) in [5.41, 5.74) is 0. The average Bonchev–Trinajstić information content (AvgIpc) is 2.44.